The monoisotopic (exact) mass is 321 g/mol. The van der Waals surface area contributed by atoms with Crippen LogP contribution in [0.5, 0.6) is 0 Å². The molecule has 0 saturated carbocycles. The van der Waals surface area contributed by atoms with E-state index in [0.29, 0.717) is 6.54 Å². The van der Waals surface area contributed by atoms with Gasteiger partial charge < -0.3 is 5.32 Å². The summed E-state index contributed by atoms with van der Waals surface area (Å²) in [7, 11) is -3.78. The highest BCUT2D eigenvalue weighted by Crippen LogP contribution is 2.25. The van der Waals surface area contributed by atoms with Gasteiger partial charge in [-0.05, 0) is 6.07 Å². The van der Waals surface area contributed by atoms with Crippen molar-refractivity contribution < 1.29 is 13.3 Å². The second-order valence-electron chi connectivity index (χ2n) is 4.38. The average molecular weight is 322 g/mol. The summed E-state index contributed by atoms with van der Waals surface area (Å²) in [6.45, 7) is 4.57. The van der Waals surface area contributed by atoms with Crippen LogP contribution in [-0.2, 0) is 10.0 Å². The summed E-state index contributed by atoms with van der Waals surface area (Å²) in [5.41, 5.74) is -0.254. The highest BCUT2D eigenvalue weighted by atomic mass is 35.5. The number of nitro benzene ring substituents is 1. The molecule has 0 unspecified atom stereocenters. The lowest BCUT2D eigenvalue weighted by Crippen LogP contribution is -2.34. The smallest absolute Gasteiger partial charge is 0.271 e. The zero-order valence-electron chi connectivity index (χ0n) is 11.1. The molecule has 7 nitrogen and oxygen atoms in total. The van der Waals surface area contributed by atoms with Crippen molar-refractivity contribution in [2.24, 2.45) is 0 Å². The van der Waals surface area contributed by atoms with Crippen LogP contribution in [0, 0.1) is 10.1 Å². The summed E-state index contributed by atoms with van der Waals surface area (Å²) >= 11 is 5.78. The number of hydrogen-bond acceptors (Lipinski definition) is 5. The first kappa shape index (κ1) is 16.8. The Kier molecular flexibility index (Phi) is 5.88. The number of benzene rings is 1. The Morgan fingerprint density at radius 1 is 1.35 bits per heavy atom. The van der Waals surface area contributed by atoms with Gasteiger partial charge in [0.15, 0.2) is 0 Å². The molecule has 0 bridgehead atoms. The van der Waals surface area contributed by atoms with Crippen LogP contribution in [0.3, 0.4) is 0 Å². The molecular weight excluding hydrogens is 306 g/mol. The average Bonchev–Trinajstić information content (AvgIpc) is 2.34. The lowest BCUT2D eigenvalue weighted by atomic mass is 10.3. The van der Waals surface area contributed by atoms with Gasteiger partial charge in [0, 0.05) is 31.3 Å². The van der Waals surface area contributed by atoms with E-state index in [0.717, 1.165) is 18.2 Å². The van der Waals surface area contributed by atoms with Crippen molar-refractivity contribution in [2.75, 3.05) is 13.1 Å². The molecule has 0 aliphatic carbocycles. The number of non-ortho nitro benzene ring substituents is 1. The summed E-state index contributed by atoms with van der Waals surface area (Å²) < 4.78 is 26.3. The van der Waals surface area contributed by atoms with Crippen molar-refractivity contribution in [2.45, 2.75) is 24.8 Å². The normalized spacial score (nSPS) is 11.8. The van der Waals surface area contributed by atoms with E-state index in [1.54, 1.807) is 0 Å². The lowest BCUT2D eigenvalue weighted by Gasteiger charge is -2.10. The summed E-state index contributed by atoms with van der Waals surface area (Å²) in [5.74, 6) is 0. The van der Waals surface area contributed by atoms with Crippen LogP contribution < -0.4 is 10.0 Å². The molecule has 0 aliphatic heterocycles. The van der Waals surface area contributed by atoms with Crippen LogP contribution in [-0.4, -0.2) is 32.5 Å². The molecule has 0 saturated heterocycles. The van der Waals surface area contributed by atoms with Crippen molar-refractivity contribution in [3.63, 3.8) is 0 Å². The maximum Gasteiger partial charge on any atom is 0.271 e. The minimum atomic E-state index is -3.78. The van der Waals surface area contributed by atoms with Crippen LogP contribution in [0.2, 0.25) is 5.02 Å². The standard InChI is InChI=1S/C11H16ClN3O4S/c1-8(2)13-5-6-14-20(18,19)11-4-3-9(15(16)17)7-10(11)12/h3-4,7-8,13-14H,5-6H2,1-2H3. The SMILES string of the molecule is CC(C)NCCNS(=O)(=O)c1ccc([N+](=O)[O-])cc1Cl. The number of nitro groups is 1. The van der Waals surface area contributed by atoms with Crippen LogP contribution in [0.15, 0.2) is 23.1 Å². The van der Waals surface area contributed by atoms with E-state index >= 15 is 0 Å². The van der Waals surface area contributed by atoms with Gasteiger partial charge in [0.2, 0.25) is 10.0 Å². The molecule has 9 heteroatoms. The molecule has 1 aromatic carbocycles. The van der Waals surface area contributed by atoms with Crippen molar-refractivity contribution in [3.05, 3.63) is 33.3 Å². The predicted octanol–water partition coefficient (Wildman–Crippen LogP) is 1.52. The van der Waals surface area contributed by atoms with Gasteiger partial charge in [-0.1, -0.05) is 25.4 Å². The molecule has 1 rings (SSSR count). The molecule has 0 aromatic heterocycles. The molecule has 0 amide bonds. The first-order valence-electron chi connectivity index (χ1n) is 5.91. The second kappa shape index (κ2) is 6.98. The quantitative estimate of drug-likeness (QED) is 0.450. The van der Waals surface area contributed by atoms with Gasteiger partial charge in [0.25, 0.3) is 5.69 Å². The third-order valence-electron chi connectivity index (χ3n) is 2.39. The molecule has 0 aliphatic rings. The van der Waals surface area contributed by atoms with Crippen LogP contribution in [0.25, 0.3) is 0 Å². The molecule has 112 valence electrons. The lowest BCUT2D eigenvalue weighted by molar-refractivity contribution is -0.384. The molecule has 20 heavy (non-hydrogen) atoms. The number of nitrogens with zero attached hydrogens (tertiary/aromatic N) is 1. The zero-order valence-corrected chi connectivity index (χ0v) is 12.7. The van der Waals surface area contributed by atoms with Gasteiger partial charge in [-0.3, -0.25) is 10.1 Å². The van der Waals surface area contributed by atoms with Gasteiger partial charge in [-0.2, -0.15) is 0 Å². The molecular formula is C11H16ClN3O4S. The fraction of sp³-hybridized carbons (Fsp3) is 0.455. The number of halogens is 1. The Morgan fingerprint density at radius 2 is 2.00 bits per heavy atom. The van der Waals surface area contributed by atoms with E-state index in [-0.39, 0.29) is 28.2 Å². The fourth-order valence-electron chi connectivity index (χ4n) is 1.45. The number of sulfonamides is 1. The number of nitrogens with one attached hydrogen (secondary N) is 2. The third-order valence-corrected chi connectivity index (χ3v) is 4.33. The van der Waals surface area contributed by atoms with Crippen molar-refractivity contribution in [1.29, 1.82) is 0 Å². The molecule has 2 N–H and O–H groups in total. The molecule has 0 radical (unpaired) electrons. The predicted molar refractivity (Wildman–Crippen MR) is 76.4 cm³/mol. The molecule has 1 aromatic rings. The maximum atomic E-state index is 12.0. The van der Waals surface area contributed by atoms with Gasteiger partial charge in [0.05, 0.1) is 9.95 Å². The second-order valence-corrected chi connectivity index (χ2v) is 6.52. The van der Waals surface area contributed by atoms with Gasteiger partial charge in [-0.15, -0.1) is 0 Å². The zero-order chi connectivity index (χ0) is 15.3. The van der Waals surface area contributed by atoms with E-state index < -0.39 is 14.9 Å². The highest BCUT2D eigenvalue weighted by molar-refractivity contribution is 7.89. The van der Waals surface area contributed by atoms with E-state index in [2.05, 4.69) is 10.0 Å². The Labute approximate surface area is 122 Å². The Morgan fingerprint density at radius 3 is 2.50 bits per heavy atom. The van der Waals surface area contributed by atoms with Crippen molar-refractivity contribution in [1.82, 2.24) is 10.0 Å². The Hall–Kier alpha value is -1.22. The molecule has 0 fully saturated rings. The summed E-state index contributed by atoms with van der Waals surface area (Å²) in [6, 6.07) is 3.50. The van der Waals surface area contributed by atoms with Crippen molar-refractivity contribution >= 4 is 27.3 Å². The maximum absolute atomic E-state index is 12.0. The highest BCUT2D eigenvalue weighted by Gasteiger charge is 2.20. The Balaban J connectivity index is 2.80. The van der Waals surface area contributed by atoms with E-state index in [1.165, 1.54) is 0 Å². The van der Waals surface area contributed by atoms with Crippen LogP contribution in [0.4, 0.5) is 5.69 Å². The minimum Gasteiger partial charge on any atom is -0.313 e. The number of rotatable bonds is 7. The first-order valence-corrected chi connectivity index (χ1v) is 7.77. The largest absolute Gasteiger partial charge is 0.313 e. The minimum absolute atomic E-state index is 0.172. The van der Waals surface area contributed by atoms with E-state index in [1.807, 2.05) is 13.8 Å². The van der Waals surface area contributed by atoms with Crippen LogP contribution >= 0.6 is 11.6 Å². The van der Waals surface area contributed by atoms with Crippen LogP contribution in [0.1, 0.15) is 13.8 Å². The van der Waals surface area contributed by atoms with Crippen molar-refractivity contribution in [3.8, 4) is 0 Å². The first-order chi connectivity index (χ1) is 9.24. The summed E-state index contributed by atoms with van der Waals surface area (Å²) in [4.78, 5) is 9.75. The van der Waals surface area contributed by atoms with Gasteiger partial charge in [-0.25, -0.2) is 13.1 Å². The molecule has 0 atom stereocenters. The summed E-state index contributed by atoms with van der Waals surface area (Å²) in [6.07, 6.45) is 0. The number of hydrogen-bond donors (Lipinski definition) is 2. The van der Waals surface area contributed by atoms with Gasteiger partial charge >= 0.3 is 0 Å². The summed E-state index contributed by atoms with van der Waals surface area (Å²) in [5, 5.41) is 13.4. The topological polar surface area (TPSA) is 101 Å². The molecule has 0 heterocycles. The third kappa shape index (κ3) is 4.71. The fourth-order valence-corrected chi connectivity index (χ4v) is 3.01. The van der Waals surface area contributed by atoms with E-state index in [4.69, 9.17) is 11.6 Å². The van der Waals surface area contributed by atoms with E-state index in [9.17, 15) is 18.5 Å². The Bertz CT molecular complexity index is 589. The van der Waals surface area contributed by atoms with Gasteiger partial charge in [0.1, 0.15) is 4.90 Å². The molecule has 0 spiro atoms.